The van der Waals surface area contributed by atoms with E-state index in [1.807, 2.05) is 6.92 Å². The van der Waals surface area contributed by atoms with Crippen molar-refractivity contribution in [2.24, 2.45) is 0 Å². The summed E-state index contributed by atoms with van der Waals surface area (Å²) in [5.41, 5.74) is -0.222. The Morgan fingerprint density at radius 2 is 1.93 bits per heavy atom. The van der Waals surface area contributed by atoms with Gasteiger partial charge < -0.3 is 9.47 Å². The van der Waals surface area contributed by atoms with Crippen LogP contribution in [0.2, 0.25) is 0 Å². The Balaban J connectivity index is 2.55. The van der Waals surface area contributed by atoms with E-state index in [1.165, 1.54) is 13.5 Å². The van der Waals surface area contributed by atoms with E-state index >= 15 is 0 Å². The fraction of sp³-hybridized carbons (Fsp3) is 0.909. The average Bonchev–Trinajstić information content (AvgIpc) is 2.19. The summed E-state index contributed by atoms with van der Waals surface area (Å²) in [6, 6.07) is 0. The summed E-state index contributed by atoms with van der Waals surface area (Å²) >= 11 is 0. The molecule has 0 heterocycles. The van der Waals surface area contributed by atoms with Gasteiger partial charge in [0.1, 0.15) is 0 Å². The standard InChI is InChI=1S/C11H20O3/c1-3-14-11(9-10(12)13-2)7-5-4-6-8-11/h3-9H2,1-2H3. The van der Waals surface area contributed by atoms with E-state index < -0.39 is 0 Å². The molecule has 0 aromatic carbocycles. The van der Waals surface area contributed by atoms with Crippen molar-refractivity contribution >= 4 is 5.97 Å². The van der Waals surface area contributed by atoms with E-state index in [0.717, 1.165) is 25.7 Å². The summed E-state index contributed by atoms with van der Waals surface area (Å²) in [6.07, 6.45) is 5.99. The van der Waals surface area contributed by atoms with Crippen LogP contribution in [0.1, 0.15) is 45.4 Å². The molecule has 0 saturated heterocycles. The minimum atomic E-state index is -0.222. The first-order valence-electron chi connectivity index (χ1n) is 5.43. The first-order valence-corrected chi connectivity index (χ1v) is 5.43. The van der Waals surface area contributed by atoms with Crippen molar-refractivity contribution in [1.29, 1.82) is 0 Å². The molecule has 0 spiro atoms. The molecule has 1 rings (SSSR count). The number of carbonyl (C=O) groups is 1. The molecule has 0 aromatic rings. The van der Waals surface area contributed by atoms with Crippen LogP contribution in [0.5, 0.6) is 0 Å². The van der Waals surface area contributed by atoms with Crippen molar-refractivity contribution < 1.29 is 14.3 Å². The molecule has 1 aliphatic rings. The summed E-state index contributed by atoms with van der Waals surface area (Å²) in [5, 5.41) is 0. The van der Waals surface area contributed by atoms with E-state index in [1.54, 1.807) is 0 Å². The predicted octanol–water partition coefficient (Wildman–Crippen LogP) is 2.29. The molecule has 0 aromatic heterocycles. The molecule has 0 unspecified atom stereocenters. The number of rotatable bonds is 4. The third kappa shape index (κ3) is 2.98. The second-order valence-corrected chi connectivity index (χ2v) is 3.93. The Morgan fingerprint density at radius 3 is 2.43 bits per heavy atom. The molecule has 0 atom stereocenters. The predicted molar refractivity (Wildman–Crippen MR) is 54.1 cm³/mol. The lowest BCUT2D eigenvalue weighted by molar-refractivity contribution is -0.151. The van der Waals surface area contributed by atoms with Crippen LogP contribution in [0.25, 0.3) is 0 Å². The summed E-state index contributed by atoms with van der Waals surface area (Å²) in [6.45, 7) is 2.66. The molecule has 1 aliphatic carbocycles. The van der Waals surface area contributed by atoms with Crippen LogP contribution in [0.3, 0.4) is 0 Å². The van der Waals surface area contributed by atoms with Crippen LogP contribution < -0.4 is 0 Å². The lowest BCUT2D eigenvalue weighted by atomic mass is 9.82. The van der Waals surface area contributed by atoms with Gasteiger partial charge in [0, 0.05) is 6.61 Å². The molecule has 82 valence electrons. The van der Waals surface area contributed by atoms with Crippen LogP contribution in [-0.4, -0.2) is 25.3 Å². The molecule has 3 nitrogen and oxygen atoms in total. The van der Waals surface area contributed by atoms with Gasteiger partial charge in [0.25, 0.3) is 0 Å². The monoisotopic (exact) mass is 200 g/mol. The highest BCUT2D eigenvalue weighted by Gasteiger charge is 2.35. The van der Waals surface area contributed by atoms with Gasteiger partial charge in [-0.25, -0.2) is 0 Å². The Morgan fingerprint density at radius 1 is 1.29 bits per heavy atom. The third-order valence-corrected chi connectivity index (χ3v) is 2.91. The van der Waals surface area contributed by atoms with Crippen LogP contribution in [0, 0.1) is 0 Å². The topological polar surface area (TPSA) is 35.5 Å². The van der Waals surface area contributed by atoms with Gasteiger partial charge in [-0.3, -0.25) is 4.79 Å². The zero-order valence-electron chi connectivity index (χ0n) is 9.17. The minimum Gasteiger partial charge on any atom is -0.469 e. The highest BCUT2D eigenvalue weighted by atomic mass is 16.5. The summed E-state index contributed by atoms with van der Waals surface area (Å²) < 4.78 is 10.4. The second-order valence-electron chi connectivity index (χ2n) is 3.93. The molecule has 1 fully saturated rings. The quantitative estimate of drug-likeness (QED) is 0.653. The maximum atomic E-state index is 11.3. The first-order chi connectivity index (χ1) is 6.72. The normalized spacial score (nSPS) is 20.4. The molecular formula is C11H20O3. The van der Waals surface area contributed by atoms with Crippen molar-refractivity contribution in [2.45, 2.75) is 51.0 Å². The molecular weight excluding hydrogens is 180 g/mol. The van der Waals surface area contributed by atoms with E-state index in [4.69, 9.17) is 9.47 Å². The fourth-order valence-corrected chi connectivity index (χ4v) is 2.21. The average molecular weight is 200 g/mol. The van der Waals surface area contributed by atoms with Crippen molar-refractivity contribution in [3.05, 3.63) is 0 Å². The van der Waals surface area contributed by atoms with Crippen LogP contribution in [0.4, 0.5) is 0 Å². The largest absolute Gasteiger partial charge is 0.469 e. The van der Waals surface area contributed by atoms with Gasteiger partial charge in [0.2, 0.25) is 0 Å². The van der Waals surface area contributed by atoms with Gasteiger partial charge in [-0.05, 0) is 19.8 Å². The highest BCUT2D eigenvalue weighted by molar-refractivity contribution is 5.70. The van der Waals surface area contributed by atoms with Crippen LogP contribution >= 0.6 is 0 Å². The lowest BCUT2D eigenvalue weighted by Crippen LogP contribution is -2.37. The highest BCUT2D eigenvalue weighted by Crippen LogP contribution is 2.34. The molecule has 3 heteroatoms. The van der Waals surface area contributed by atoms with Gasteiger partial charge in [-0.1, -0.05) is 19.3 Å². The van der Waals surface area contributed by atoms with Gasteiger partial charge in [-0.2, -0.15) is 0 Å². The Kier molecular flexibility index (Phi) is 4.39. The molecule has 0 N–H and O–H groups in total. The SMILES string of the molecule is CCOC1(CC(=O)OC)CCCCC1. The van der Waals surface area contributed by atoms with Crippen LogP contribution in [-0.2, 0) is 14.3 Å². The second kappa shape index (κ2) is 5.35. The Bertz CT molecular complexity index is 177. The number of methoxy groups -OCH3 is 1. The van der Waals surface area contributed by atoms with E-state index in [2.05, 4.69) is 0 Å². The third-order valence-electron chi connectivity index (χ3n) is 2.91. The minimum absolute atomic E-state index is 0.152. The molecule has 1 saturated carbocycles. The maximum Gasteiger partial charge on any atom is 0.308 e. The number of carbonyl (C=O) groups excluding carboxylic acids is 1. The van der Waals surface area contributed by atoms with E-state index in [0.29, 0.717) is 13.0 Å². The smallest absolute Gasteiger partial charge is 0.308 e. The van der Waals surface area contributed by atoms with Crippen molar-refractivity contribution in [2.75, 3.05) is 13.7 Å². The summed E-state index contributed by atoms with van der Waals surface area (Å²) in [7, 11) is 1.44. The summed E-state index contributed by atoms with van der Waals surface area (Å²) in [4.78, 5) is 11.3. The van der Waals surface area contributed by atoms with Gasteiger partial charge in [-0.15, -0.1) is 0 Å². The Hall–Kier alpha value is -0.570. The fourth-order valence-electron chi connectivity index (χ4n) is 2.21. The lowest BCUT2D eigenvalue weighted by Gasteiger charge is -2.36. The number of hydrogen-bond donors (Lipinski definition) is 0. The number of hydrogen-bond acceptors (Lipinski definition) is 3. The van der Waals surface area contributed by atoms with Crippen molar-refractivity contribution in [3.63, 3.8) is 0 Å². The molecule has 0 amide bonds. The zero-order chi connectivity index (χ0) is 10.4. The first kappa shape index (κ1) is 11.5. The van der Waals surface area contributed by atoms with E-state index in [9.17, 15) is 4.79 Å². The molecule has 0 aliphatic heterocycles. The van der Waals surface area contributed by atoms with Gasteiger partial charge in [0.05, 0.1) is 19.1 Å². The van der Waals surface area contributed by atoms with Gasteiger partial charge in [0.15, 0.2) is 0 Å². The van der Waals surface area contributed by atoms with Crippen LogP contribution in [0.15, 0.2) is 0 Å². The molecule has 14 heavy (non-hydrogen) atoms. The Labute approximate surface area is 85.8 Å². The summed E-state index contributed by atoms with van der Waals surface area (Å²) in [5.74, 6) is -0.152. The maximum absolute atomic E-state index is 11.3. The van der Waals surface area contributed by atoms with Crippen molar-refractivity contribution in [1.82, 2.24) is 0 Å². The zero-order valence-corrected chi connectivity index (χ0v) is 9.17. The molecule has 0 radical (unpaired) electrons. The van der Waals surface area contributed by atoms with E-state index in [-0.39, 0.29) is 11.6 Å². The van der Waals surface area contributed by atoms with Crippen molar-refractivity contribution in [3.8, 4) is 0 Å². The number of ether oxygens (including phenoxy) is 2. The molecule has 0 bridgehead atoms. The number of esters is 1. The van der Waals surface area contributed by atoms with Gasteiger partial charge >= 0.3 is 5.97 Å².